The van der Waals surface area contributed by atoms with E-state index in [1.54, 1.807) is 13.3 Å². The second-order valence-corrected chi connectivity index (χ2v) is 4.84. The molecule has 0 fully saturated rings. The van der Waals surface area contributed by atoms with Crippen molar-refractivity contribution in [2.75, 3.05) is 13.7 Å². The van der Waals surface area contributed by atoms with Crippen molar-refractivity contribution in [2.45, 2.75) is 13.0 Å². The summed E-state index contributed by atoms with van der Waals surface area (Å²) in [5.41, 5.74) is 3.18. The zero-order valence-electron chi connectivity index (χ0n) is 12.4. The van der Waals surface area contributed by atoms with Crippen LogP contribution in [0.5, 0.6) is 5.75 Å². The summed E-state index contributed by atoms with van der Waals surface area (Å²) in [7, 11) is 3.59. The average molecular weight is 285 g/mol. The lowest BCUT2D eigenvalue weighted by Crippen LogP contribution is -2.24. The fourth-order valence-electron chi connectivity index (χ4n) is 2.65. The Kier molecular flexibility index (Phi) is 3.62. The number of hydrogen-bond acceptors (Lipinski definition) is 4. The molecular weight excluding hydrogens is 266 g/mol. The summed E-state index contributed by atoms with van der Waals surface area (Å²) in [5.74, 6) is 0.777. The minimum atomic E-state index is -0.0163. The van der Waals surface area contributed by atoms with E-state index in [1.807, 2.05) is 40.8 Å². The van der Waals surface area contributed by atoms with E-state index in [9.17, 15) is 0 Å². The van der Waals surface area contributed by atoms with E-state index in [2.05, 4.69) is 28.5 Å². The number of methoxy groups -OCH3 is 1. The van der Waals surface area contributed by atoms with Crippen molar-refractivity contribution >= 4 is 5.52 Å². The van der Waals surface area contributed by atoms with Crippen LogP contribution in [0, 0.1) is 0 Å². The Morgan fingerprint density at radius 1 is 1.29 bits per heavy atom. The standard InChI is InChI=1S/C15H19N5O/c1-4-16-14(15-13(21-3)10-17-19(15)2)11-9-18-20-8-6-5-7-12(11)20/h5-10,14,16H,4H2,1-3H3. The van der Waals surface area contributed by atoms with Crippen LogP contribution in [0.1, 0.15) is 24.2 Å². The number of rotatable bonds is 5. The molecule has 0 saturated heterocycles. The highest BCUT2D eigenvalue weighted by Crippen LogP contribution is 2.31. The highest BCUT2D eigenvalue weighted by Gasteiger charge is 2.24. The van der Waals surface area contributed by atoms with Gasteiger partial charge in [-0.1, -0.05) is 13.0 Å². The maximum absolute atomic E-state index is 5.45. The van der Waals surface area contributed by atoms with Crippen LogP contribution in [-0.2, 0) is 7.05 Å². The molecule has 1 unspecified atom stereocenters. The first-order chi connectivity index (χ1) is 10.3. The van der Waals surface area contributed by atoms with Gasteiger partial charge in [0.25, 0.3) is 0 Å². The number of aromatic nitrogens is 4. The average Bonchev–Trinajstić information content (AvgIpc) is 3.09. The van der Waals surface area contributed by atoms with E-state index in [-0.39, 0.29) is 6.04 Å². The Morgan fingerprint density at radius 3 is 2.90 bits per heavy atom. The van der Waals surface area contributed by atoms with Gasteiger partial charge in [0, 0.05) is 18.8 Å². The van der Waals surface area contributed by atoms with Gasteiger partial charge in [-0.2, -0.15) is 10.2 Å². The maximum Gasteiger partial charge on any atom is 0.161 e. The SMILES string of the molecule is CCNC(c1cnn2ccccc12)c1c(OC)cnn1C. The first-order valence-corrected chi connectivity index (χ1v) is 6.97. The van der Waals surface area contributed by atoms with Crippen LogP contribution in [0.4, 0.5) is 0 Å². The van der Waals surface area contributed by atoms with E-state index < -0.39 is 0 Å². The second kappa shape index (κ2) is 5.57. The zero-order valence-corrected chi connectivity index (χ0v) is 12.4. The van der Waals surface area contributed by atoms with Crippen LogP contribution in [0.25, 0.3) is 5.52 Å². The van der Waals surface area contributed by atoms with Gasteiger partial charge in [-0.05, 0) is 18.7 Å². The summed E-state index contributed by atoms with van der Waals surface area (Å²) >= 11 is 0. The van der Waals surface area contributed by atoms with E-state index in [0.29, 0.717) is 0 Å². The third-order valence-electron chi connectivity index (χ3n) is 3.62. The molecule has 3 aromatic heterocycles. The molecule has 0 aromatic carbocycles. The fourth-order valence-corrected chi connectivity index (χ4v) is 2.65. The predicted octanol–water partition coefficient (Wildman–Crippen LogP) is 1.78. The number of hydrogen-bond donors (Lipinski definition) is 1. The van der Waals surface area contributed by atoms with Gasteiger partial charge in [0.2, 0.25) is 0 Å². The van der Waals surface area contributed by atoms with Crippen LogP contribution < -0.4 is 10.1 Å². The molecule has 21 heavy (non-hydrogen) atoms. The quantitative estimate of drug-likeness (QED) is 0.776. The van der Waals surface area contributed by atoms with Gasteiger partial charge in [0.1, 0.15) is 5.69 Å². The Bertz CT molecular complexity index is 745. The van der Waals surface area contributed by atoms with E-state index in [0.717, 1.165) is 29.1 Å². The monoisotopic (exact) mass is 285 g/mol. The van der Waals surface area contributed by atoms with E-state index in [4.69, 9.17) is 4.74 Å². The number of ether oxygens (including phenoxy) is 1. The van der Waals surface area contributed by atoms with Crippen LogP contribution in [0.15, 0.2) is 36.8 Å². The van der Waals surface area contributed by atoms with Gasteiger partial charge in [-0.3, -0.25) is 4.68 Å². The number of aryl methyl sites for hydroxylation is 1. The lowest BCUT2D eigenvalue weighted by Gasteiger charge is -2.18. The van der Waals surface area contributed by atoms with Gasteiger partial charge in [0.05, 0.1) is 31.1 Å². The lowest BCUT2D eigenvalue weighted by atomic mass is 10.0. The summed E-state index contributed by atoms with van der Waals surface area (Å²) in [6.07, 6.45) is 5.59. The molecule has 0 spiro atoms. The first kappa shape index (κ1) is 13.6. The molecule has 0 radical (unpaired) electrons. The van der Waals surface area contributed by atoms with Crippen molar-refractivity contribution in [3.05, 3.63) is 48.0 Å². The molecule has 0 aliphatic heterocycles. The minimum Gasteiger partial charge on any atom is -0.493 e. The summed E-state index contributed by atoms with van der Waals surface area (Å²) in [4.78, 5) is 0. The van der Waals surface area contributed by atoms with E-state index >= 15 is 0 Å². The molecule has 3 aromatic rings. The molecule has 1 N–H and O–H groups in total. The van der Waals surface area contributed by atoms with E-state index in [1.165, 1.54) is 0 Å². The third kappa shape index (κ3) is 2.27. The molecule has 6 heteroatoms. The molecule has 3 rings (SSSR count). The Morgan fingerprint density at radius 2 is 2.14 bits per heavy atom. The van der Waals surface area contributed by atoms with Crippen molar-refractivity contribution in [3.63, 3.8) is 0 Å². The normalized spacial score (nSPS) is 12.7. The van der Waals surface area contributed by atoms with Crippen LogP contribution in [-0.4, -0.2) is 33.0 Å². The maximum atomic E-state index is 5.45. The molecule has 0 aliphatic rings. The molecule has 6 nitrogen and oxygen atoms in total. The van der Waals surface area contributed by atoms with Crippen molar-refractivity contribution in [1.29, 1.82) is 0 Å². The van der Waals surface area contributed by atoms with Gasteiger partial charge >= 0.3 is 0 Å². The fraction of sp³-hybridized carbons (Fsp3) is 0.333. The lowest BCUT2D eigenvalue weighted by molar-refractivity contribution is 0.401. The topological polar surface area (TPSA) is 56.4 Å². The smallest absolute Gasteiger partial charge is 0.161 e. The number of nitrogens with one attached hydrogen (secondary N) is 1. The van der Waals surface area contributed by atoms with Gasteiger partial charge < -0.3 is 10.1 Å². The summed E-state index contributed by atoms with van der Waals surface area (Å²) in [6, 6.07) is 6.04. The molecule has 0 bridgehead atoms. The molecule has 0 aliphatic carbocycles. The molecule has 110 valence electrons. The zero-order chi connectivity index (χ0) is 14.8. The van der Waals surface area contributed by atoms with Gasteiger partial charge in [-0.25, -0.2) is 4.52 Å². The number of nitrogens with zero attached hydrogens (tertiary/aromatic N) is 4. The van der Waals surface area contributed by atoms with Crippen LogP contribution in [0.2, 0.25) is 0 Å². The summed E-state index contributed by atoms with van der Waals surface area (Å²) < 4.78 is 9.18. The molecule has 1 atom stereocenters. The molecular formula is C15H19N5O. The van der Waals surface area contributed by atoms with Crippen molar-refractivity contribution in [2.24, 2.45) is 7.05 Å². The highest BCUT2D eigenvalue weighted by atomic mass is 16.5. The third-order valence-corrected chi connectivity index (χ3v) is 3.62. The highest BCUT2D eigenvalue weighted by molar-refractivity contribution is 5.57. The van der Waals surface area contributed by atoms with Gasteiger partial charge in [-0.15, -0.1) is 0 Å². The van der Waals surface area contributed by atoms with Crippen molar-refractivity contribution in [3.8, 4) is 5.75 Å². The predicted molar refractivity (Wildman–Crippen MR) is 80.5 cm³/mol. The summed E-state index contributed by atoms with van der Waals surface area (Å²) in [5, 5.41) is 12.2. The van der Waals surface area contributed by atoms with Gasteiger partial charge in [0.15, 0.2) is 5.75 Å². The second-order valence-electron chi connectivity index (χ2n) is 4.84. The van der Waals surface area contributed by atoms with Crippen molar-refractivity contribution < 1.29 is 4.74 Å². The number of pyridine rings is 1. The minimum absolute atomic E-state index is 0.0163. The Balaban J connectivity index is 2.16. The molecule has 3 heterocycles. The largest absolute Gasteiger partial charge is 0.493 e. The Hall–Kier alpha value is -2.34. The molecule has 0 saturated carbocycles. The Labute approximate surface area is 123 Å². The number of fused-ring (bicyclic) bond motifs is 1. The first-order valence-electron chi connectivity index (χ1n) is 6.97. The van der Waals surface area contributed by atoms with Crippen LogP contribution in [0.3, 0.4) is 0 Å². The van der Waals surface area contributed by atoms with Crippen molar-refractivity contribution in [1.82, 2.24) is 24.7 Å². The summed E-state index contributed by atoms with van der Waals surface area (Å²) in [6.45, 7) is 2.92. The van der Waals surface area contributed by atoms with Crippen LogP contribution >= 0.6 is 0 Å². The molecule has 0 amide bonds.